The standard InChI is InChI=1S/C19H15ClF4N4O5S/c1-18(8-34(30,31)9-18)26-16(29)15-14(21)12-5-11(2-3-28(12)27-15)33-17-13(4-10(20)6-25-17)32-7-19(22,23)24/h2-6H,7-9H2,1H3,(H,26,29). The Morgan fingerprint density at radius 2 is 2.03 bits per heavy atom. The van der Waals surface area contributed by atoms with Crippen LogP contribution in [0.15, 0.2) is 30.6 Å². The van der Waals surface area contributed by atoms with Crippen molar-refractivity contribution in [2.45, 2.75) is 18.6 Å². The maximum absolute atomic E-state index is 14.9. The van der Waals surface area contributed by atoms with E-state index in [1.165, 1.54) is 19.2 Å². The lowest BCUT2D eigenvalue weighted by molar-refractivity contribution is -0.153. The predicted molar refractivity (Wildman–Crippen MR) is 111 cm³/mol. The monoisotopic (exact) mass is 522 g/mol. The van der Waals surface area contributed by atoms with E-state index in [0.717, 1.165) is 22.8 Å². The van der Waals surface area contributed by atoms with E-state index >= 15 is 0 Å². The number of nitrogens with one attached hydrogen (secondary N) is 1. The highest BCUT2D eigenvalue weighted by atomic mass is 35.5. The van der Waals surface area contributed by atoms with Crippen molar-refractivity contribution < 1.29 is 40.2 Å². The molecule has 34 heavy (non-hydrogen) atoms. The van der Waals surface area contributed by atoms with E-state index in [0.29, 0.717) is 0 Å². The van der Waals surface area contributed by atoms with Crippen LogP contribution in [0.4, 0.5) is 17.6 Å². The molecule has 4 heterocycles. The number of hydrogen-bond donors (Lipinski definition) is 1. The van der Waals surface area contributed by atoms with Gasteiger partial charge in [-0.1, -0.05) is 11.6 Å². The van der Waals surface area contributed by atoms with E-state index < -0.39 is 45.6 Å². The first-order valence-electron chi connectivity index (χ1n) is 9.47. The molecule has 0 saturated carbocycles. The first-order chi connectivity index (χ1) is 15.7. The van der Waals surface area contributed by atoms with Crippen molar-refractivity contribution in [2.75, 3.05) is 18.1 Å². The van der Waals surface area contributed by atoms with Crippen molar-refractivity contribution in [3.8, 4) is 17.4 Å². The second-order valence-corrected chi connectivity index (χ2v) is 10.4. The fraction of sp³-hybridized carbons (Fsp3) is 0.316. The summed E-state index contributed by atoms with van der Waals surface area (Å²) in [4.78, 5) is 16.3. The number of alkyl halides is 3. The summed E-state index contributed by atoms with van der Waals surface area (Å²) in [6.07, 6.45) is -2.23. The molecule has 9 nitrogen and oxygen atoms in total. The summed E-state index contributed by atoms with van der Waals surface area (Å²) in [6.45, 7) is -0.0937. The molecular weight excluding hydrogens is 508 g/mol. The van der Waals surface area contributed by atoms with Crippen LogP contribution in [0, 0.1) is 5.82 Å². The minimum atomic E-state index is -4.61. The predicted octanol–water partition coefficient (Wildman–Crippen LogP) is 3.17. The number of sulfone groups is 1. The van der Waals surface area contributed by atoms with Crippen LogP contribution in [-0.4, -0.2) is 58.8 Å². The molecule has 1 fully saturated rings. The third kappa shape index (κ3) is 5.17. The molecule has 4 rings (SSSR count). The van der Waals surface area contributed by atoms with Gasteiger partial charge >= 0.3 is 6.18 Å². The van der Waals surface area contributed by atoms with Crippen molar-refractivity contribution >= 4 is 32.9 Å². The zero-order valence-electron chi connectivity index (χ0n) is 17.2. The third-order valence-corrected chi connectivity index (χ3v) is 7.01. The van der Waals surface area contributed by atoms with Crippen LogP contribution in [0.2, 0.25) is 5.02 Å². The molecule has 1 saturated heterocycles. The molecule has 15 heteroatoms. The van der Waals surface area contributed by atoms with Gasteiger partial charge < -0.3 is 14.8 Å². The summed E-state index contributed by atoms with van der Waals surface area (Å²) in [5, 5.41) is 6.34. The molecule has 1 N–H and O–H groups in total. The lowest BCUT2D eigenvalue weighted by Gasteiger charge is -2.38. The number of carbonyl (C=O) groups excluding carboxylic acids is 1. The molecule has 0 atom stereocenters. The van der Waals surface area contributed by atoms with E-state index in [1.807, 2.05) is 0 Å². The fourth-order valence-electron chi connectivity index (χ4n) is 3.40. The first kappa shape index (κ1) is 24.0. The molecule has 0 aromatic carbocycles. The summed E-state index contributed by atoms with van der Waals surface area (Å²) < 4.78 is 86.5. The van der Waals surface area contributed by atoms with Gasteiger partial charge in [-0.25, -0.2) is 22.3 Å². The van der Waals surface area contributed by atoms with Gasteiger partial charge in [0.15, 0.2) is 33.7 Å². The number of nitrogens with zero attached hydrogens (tertiary/aromatic N) is 3. The Bertz CT molecular complexity index is 1380. The van der Waals surface area contributed by atoms with E-state index in [9.17, 15) is 30.8 Å². The van der Waals surface area contributed by atoms with E-state index in [1.54, 1.807) is 0 Å². The van der Waals surface area contributed by atoms with Crippen LogP contribution in [0.1, 0.15) is 17.4 Å². The number of hydrogen-bond acceptors (Lipinski definition) is 7. The van der Waals surface area contributed by atoms with Gasteiger partial charge in [0.05, 0.1) is 22.1 Å². The van der Waals surface area contributed by atoms with Gasteiger partial charge in [0, 0.05) is 24.5 Å². The minimum Gasteiger partial charge on any atom is -0.478 e. The molecule has 3 aromatic heterocycles. The largest absolute Gasteiger partial charge is 0.478 e. The Kier molecular flexibility index (Phi) is 5.84. The van der Waals surface area contributed by atoms with Gasteiger partial charge in [0.1, 0.15) is 11.3 Å². The van der Waals surface area contributed by atoms with Crippen LogP contribution in [0.3, 0.4) is 0 Å². The normalized spacial score (nSPS) is 16.6. The number of fused-ring (bicyclic) bond motifs is 1. The number of ether oxygens (including phenoxy) is 2. The van der Waals surface area contributed by atoms with Crippen LogP contribution in [-0.2, 0) is 9.84 Å². The number of rotatable bonds is 6. The van der Waals surface area contributed by atoms with Crippen LogP contribution in [0.5, 0.6) is 17.4 Å². The van der Waals surface area contributed by atoms with Crippen molar-refractivity contribution in [2.24, 2.45) is 0 Å². The number of aromatic nitrogens is 3. The fourth-order valence-corrected chi connectivity index (χ4v) is 5.55. The highest BCUT2D eigenvalue weighted by Crippen LogP contribution is 2.33. The van der Waals surface area contributed by atoms with E-state index in [4.69, 9.17) is 21.1 Å². The Morgan fingerprint density at radius 1 is 1.32 bits per heavy atom. The average Bonchev–Trinajstić information content (AvgIpc) is 3.02. The highest BCUT2D eigenvalue weighted by Gasteiger charge is 2.46. The first-order valence-corrected chi connectivity index (χ1v) is 11.7. The SMILES string of the molecule is CC1(NC(=O)c2nn3ccc(Oc4ncc(Cl)cc4OCC(F)(F)F)cc3c2F)CS(=O)(=O)C1. The maximum Gasteiger partial charge on any atom is 0.422 e. The van der Waals surface area contributed by atoms with Crippen molar-refractivity contribution in [1.82, 2.24) is 19.9 Å². The second kappa shape index (κ2) is 8.27. The number of pyridine rings is 2. The van der Waals surface area contributed by atoms with Gasteiger partial charge in [-0.05, 0) is 13.0 Å². The Labute approximate surface area is 194 Å². The van der Waals surface area contributed by atoms with Gasteiger partial charge in [-0.2, -0.15) is 18.3 Å². The summed E-state index contributed by atoms with van der Waals surface area (Å²) in [5.74, 6) is -3.23. The van der Waals surface area contributed by atoms with Crippen LogP contribution < -0.4 is 14.8 Å². The molecular formula is C19H15ClF4N4O5S. The van der Waals surface area contributed by atoms with Crippen molar-refractivity contribution in [3.63, 3.8) is 0 Å². The molecule has 0 radical (unpaired) electrons. The van der Waals surface area contributed by atoms with Crippen LogP contribution >= 0.6 is 11.6 Å². The average molecular weight is 523 g/mol. The molecule has 0 aliphatic carbocycles. The smallest absolute Gasteiger partial charge is 0.422 e. The maximum atomic E-state index is 14.9. The molecule has 0 spiro atoms. The summed E-state index contributed by atoms with van der Waals surface area (Å²) in [6, 6.07) is 3.54. The number of amides is 1. The number of halogens is 5. The molecule has 1 aliphatic rings. The van der Waals surface area contributed by atoms with Gasteiger partial charge in [0.2, 0.25) is 0 Å². The zero-order valence-corrected chi connectivity index (χ0v) is 18.8. The van der Waals surface area contributed by atoms with Crippen molar-refractivity contribution in [1.29, 1.82) is 0 Å². The van der Waals surface area contributed by atoms with Gasteiger partial charge in [-0.3, -0.25) is 4.79 Å². The Morgan fingerprint density at radius 3 is 2.68 bits per heavy atom. The highest BCUT2D eigenvalue weighted by molar-refractivity contribution is 7.93. The third-order valence-electron chi connectivity index (χ3n) is 4.64. The molecule has 1 aliphatic heterocycles. The number of carbonyl (C=O) groups is 1. The summed E-state index contributed by atoms with van der Waals surface area (Å²) in [7, 11) is -3.24. The van der Waals surface area contributed by atoms with Gasteiger partial charge in [0.25, 0.3) is 11.8 Å². The second-order valence-electron chi connectivity index (χ2n) is 7.86. The molecule has 0 unspecified atom stereocenters. The molecule has 0 bridgehead atoms. The van der Waals surface area contributed by atoms with Crippen molar-refractivity contribution in [3.05, 3.63) is 47.1 Å². The zero-order chi connectivity index (χ0) is 24.9. The van der Waals surface area contributed by atoms with Crippen LogP contribution in [0.25, 0.3) is 5.52 Å². The summed E-state index contributed by atoms with van der Waals surface area (Å²) >= 11 is 5.77. The quantitative estimate of drug-likeness (QED) is 0.495. The Hall–Kier alpha value is -3.13. The van der Waals surface area contributed by atoms with Gasteiger partial charge in [-0.15, -0.1) is 0 Å². The van der Waals surface area contributed by atoms with E-state index in [2.05, 4.69) is 15.4 Å². The lowest BCUT2D eigenvalue weighted by Crippen LogP contribution is -2.63. The Balaban J connectivity index is 1.57. The molecule has 182 valence electrons. The molecule has 1 amide bonds. The molecule has 3 aromatic rings. The minimum absolute atomic E-state index is 0.00502. The summed E-state index contributed by atoms with van der Waals surface area (Å²) in [5.41, 5.74) is -1.78. The van der Waals surface area contributed by atoms with E-state index in [-0.39, 0.29) is 39.4 Å². The topological polar surface area (TPSA) is 112 Å². The lowest BCUT2D eigenvalue weighted by atomic mass is 10.1.